The van der Waals surface area contributed by atoms with Gasteiger partial charge in [0.1, 0.15) is 5.82 Å². The summed E-state index contributed by atoms with van der Waals surface area (Å²) in [7, 11) is -2.33. The van der Waals surface area contributed by atoms with E-state index < -0.39 is 21.6 Å². The third-order valence-corrected chi connectivity index (χ3v) is 5.66. The number of sulfonamides is 1. The topological polar surface area (TPSA) is 76.3 Å². The lowest BCUT2D eigenvalue weighted by Crippen LogP contribution is -2.28. The Morgan fingerprint density at radius 2 is 1.81 bits per heavy atom. The molecule has 26 heavy (non-hydrogen) atoms. The van der Waals surface area contributed by atoms with Crippen LogP contribution in [0.4, 0.5) is 4.39 Å². The summed E-state index contributed by atoms with van der Waals surface area (Å²) >= 11 is 0. The Bertz CT molecular complexity index is 1000. The van der Waals surface area contributed by atoms with Crippen molar-refractivity contribution in [2.24, 2.45) is 0 Å². The summed E-state index contributed by atoms with van der Waals surface area (Å²) in [6.07, 6.45) is 0. The van der Waals surface area contributed by atoms with E-state index in [0.29, 0.717) is 5.82 Å². The number of rotatable bonds is 6. The molecule has 1 aromatic heterocycles. The number of benzene rings is 2. The van der Waals surface area contributed by atoms with Gasteiger partial charge in [0.05, 0.1) is 12.3 Å². The van der Waals surface area contributed by atoms with Crippen LogP contribution in [-0.2, 0) is 22.3 Å². The molecule has 3 rings (SSSR count). The summed E-state index contributed by atoms with van der Waals surface area (Å²) in [6.45, 7) is 1.89. The Labute approximate surface area is 151 Å². The van der Waals surface area contributed by atoms with Crippen LogP contribution in [0, 0.1) is 12.7 Å². The summed E-state index contributed by atoms with van der Waals surface area (Å²) in [6, 6.07) is 13.4. The van der Waals surface area contributed by atoms with E-state index in [4.69, 9.17) is 4.52 Å². The normalized spacial score (nSPS) is 11.8. The molecule has 8 heteroatoms. The molecule has 0 amide bonds. The highest BCUT2D eigenvalue weighted by Crippen LogP contribution is 2.18. The third kappa shape index (κ3) is 4.14. The molecule has 0 atom stereocenters. The first-order chi connectivity index (χ1) is 12.3. The Morgan fingerprint density at radius 3 is 2.50 bits per heavy atom. The van der Waals surface area contributed by atoms with Gasteiger partial charge in [0.2, 0.25) is 21.7 Å². The van der Waals surface area contributed by atoms with E-state index in [2.05, 4.69) is 10.1 Å². The van der Waals surface area contributed by atoms with Gasteiger partial charge in [-0.05, 0) is 13.0 Å². The van der Waals surface area contributed by atoms with Crippen LogP contribution < -0.4 is 0 Å². The largest absolute Gasteiger partial charge is 0.338 e. The van der Waals surface area contributed by atoms with Crippen molar-refractivity contribution in [2.45, 2.75) is 19.2 Å². The number of hydrogen-bond donors (Lipinski definition) is 0. The van der Waals surface area contributed by atoms with Crippen LogP contribution in [0.25, 0.3) is 11.4 Å². The lowest BCUT2D eigenvalue weighted by atomic mass is 10.1. The Balaban J connectivity index is 1.72. The van der Waals surface area contributed by atoms with Crippen LogP contribution in [0.15, 0.2) is 53.1 Å². The second-order valence-corrected chi connectivity index (χ2v) is 8.06. The predicted octanol–water partition coefficient (Wildman–Crippen LogP) is 3.15. The maximum absolute atomic E-state index is 13.7. The molecule has 0 unspecified atom stereocenters. The quantitative estimate of drug-likeness (QED) is 0.661. The van der Waals surface area contributed by atoms with Crippen molar-refractivity contribution in [3.05, 3.63) is 71.4 Å². The van der Waals surface area contributed by atoms with Crippen molar-refractivity contribution in [1.29, 1.82) is 0 Å². The van der Waals surface area contributed by atoms with Crippen molar-refractivity contribution in [2.75, 3.05) is 7.05 Å². The maximum atomic E-state index is 13.7. The summed E-state index contributed by atoms with van der Waals surface area (Å²) in [5.74, 6) is -0.432. The highest BCUT2D eigenvalue weighted by molar-refractivity contribution is 7.88. The van der Waals surface area contributed by atoms with E-state index in [1.165, 1.54) is 25.2 Å². The van der Waals surface area contributed by atoms with Gasteiger partial charge >= 0.3 is 0 Å². The Hall–Kier alpha value is -2.58. The minimum absolute atomic E-state index is 0.0877. The molecule has 2 aromatic carbocycles. The molecule has 136 valence electrons. The summed E-state index contributed by atoms with van der Waals surface area (Å²) in [5, 5.41) is 3.88. The molecule has 0 radical (unpaired) electrons. The second kappa shape index (κ2) is 7.35. The fraction of sp³-hybridized carbons (Fsp3) is 0.222. The van der Waals surface area contributed by atoms with Gasteiger partial charge in [0, 0.05) is 18.2 Å². The molecule has 3 aromatic rings. The molecule has 0 bridgehead atoms. The van der Waals surface area contributed by atoms with Crippen LogP contribution in [0.3, 0.4) is 0 Å². The number of aromatic nitrogens is 2. The van der Waals surface area contributed by atoms with Crippen LogP contribution >= 0.6 is 0 Å². The van der Waals surface area contributed by atoms with Crippen LogP contribution in [0.2, 0.25) is 0 Å². The molecule has 0 spiro atoms. The van der Waals surface area contributed by atoms with Crippen molar-refractivity contribution in [3.8, 4) is 11.4 Å². The highest BCUT2D eigenvalue weighted by atomic mass is 32.2. The average Bonchev–Trinajstić information content (AvgIpc) is 3.06. The molecule has 0 aliphatic rings. The predicted molar refractivity (Wildman–Crippen MR) is 95.0 cm³/mol. The molecule has 6 nitrogen and oxygen atoms in total. The minimum Gasteiger partial charge on any atom is -0.338 e. The standard InChI is InChI=1S/C18H18FN3O3S/c1-13-7-9-14(10-8-13)18-20-17(25-21-18)11-22(2)26(23,24)12-15-5-3-4-6-16(15)19/h3-10H,11-12H2,1-2H3. The number of halogens is 1. The van der Waals surface area contributed by atoms with Crippen LogP contribution in [0.5, 0.6) is 0 Å². The number of aryl methyl sites for hydroxylation is 1. The summed E-state index contributed by atoms with van der Waals surface area (Å²) < 4.78 is 44.8. The lowest BCUT2D eigenvalue weighted by Gasteiger charge is -2.15. The lowest BCUT2D eigenvalue weighted by molar-refractivity contribution is 0.336. The van der Waals surface area contributed by atoms with Gasteiger partial charge < -0.3 is 4.52 Å². The van der Waals surface area contributed by atoms with Crippen molar-refractivity contribution in [1.82, 2.24) is 14.4 Å². The smallest absolute Gasteiger partial charge is 0.242 e. The van der Waals surface area contributed by atoms with Gasteiger partial charge in [-0.1, -0.05) is 53.2 Å². The molecule has 0 aliphatic carbocycles. The molecule has 1 heterocycles. The van der Waals surface area contributed by atoms with E-state index in [0.717, 1.165) is 15.4 Å². The van der Waals surface area contributed by atoms with E-state index in [1.807, 2.05) is 31.2 Å². The molecular formula is C18H18FN3O3S. The SMILES string of the molecule is Cc1ccc(-c2noc(CN(C)S(=O)(=O)Cc3ccccc3F)n2)cc1. The molecule has 0 saturated heterocycles. The minimum atomic E-state index is -3.73. The van der Waals surface area contributed by atoms with E-state index in [9.17, 15) is 12.8 Å². The zero-order valence-electron chi connectivity index (χ0n) is 14.4. The van der Waals surface area contributed by atoms with Crippen molar-refractivity contribution >= 4 is 10.0 Å². The zero-order chi connectivity index (χ0) is 18.7. The second-order valence-electron chi connectivity index (χ2n) is 5.98. The first kappa shape index (κ1) is 18.2. The molecule has 0 saturated carbocycles. The van der Waals surface area contributed by atoms with Gasteiger partial charge in [-0.2, -0.15) is 9.29 Å². The van der Waals surface area contributed by atoms with Gasteiger partial charge in [0.25, 0.3) is 0 Å². The fourth-order valence-electron chi connectivity index (χ4n) is 2.35. The van der Waals surface area contributed by atoms with Crippen molar-refractivity contribution < 1.29 is 17.3 Å². The van der Waals surface area contributed by atoms with E-state index in [1.54, 1.807) is 6.07 Å². The van der Waals surface area contributed by atoms with Crippen LogP contribution in [0.1, 0.15) is 17.0 Å². The molecule has 0 fully saturated rings. The number of nitrogens with zero attached hydrogens (tertiary/aromatic N) is 3. The monoisotopic (exact) mass is 375 g/mol. The average molecular weight is 375 g/mol. The molecular weight excluding hydrogens is 357 g/mol. The van der Waals surface area contributed by atoms with Crippen molar-refractivity contribution in [3.63, 3.8) is 0 Å². The molecule has 0 N–H and O–H groups in total. The number of hydrogen-bond acceptors (Lipinski definition) is 5. The van der Waals surface area contributed by atoms with Gasteiger partial charge in [-0.25, -0.2) is 12.8 Å². The molecule has 0 aliphatic heterocycles. The fourth-order valence-corrected chi connectivity index (χ4v) is 3.50. The van der Waals surface area contributed by atoms with Gasteiger partial charge in [-0.3, -0.25) is 0 Å². The highest BCUT2D eigenvalue weighted by Gasteiger charge is 2.22. The van der Waals surface area contributed by atoms with Crippen LogP contribution in [-0.4, -0.2) is 29.9 Å². The Morgan fingerprint density at radius 1 is 1.12 bits per heavy atom. The van der Waals surface area contributed by atoms with Gasteiger partial charge in [0.15, 0.2) is 0 Å². The first-order valence-electron chi connectivity index (χ1n) is 7.92. The third-order valence-electron chi connectivity index (χ3n) is 3.91. The van der Waals surface area contributed by atoms with E-state index >= 15 is 0 Å². The zero-order valence-corrected chi connectivity index (χ0v) is 15.2. The Kier molecular flexibility index (Phi) is 5.15. The maximum Gasteiger partial charge on any atom is 0.242 e. The summed E-state index contributed by atoms with van der Waals surface area (Å²) in [5.41, 5.74) is 2.00. The van der Waals surface area contributed by atoms with E-state index in [-0.39, 0.29) is 18.0 Å². The summed E-state index contributed by atoms with van der Waals surface area (Å²) in [4.78, 5) is 4.23. The first-order valence-corrected chi connectivity index (χ1v) is 9.53. The van der Waals surface area contributed by atoms with Gasteiger partial charge in [-0.15, -0.1) is 0 Å².